The van der Waals surface area contributed by atoms with Crippen LogP contribution < -0.4 is 11.5 Å². The molecule has 0 amide bonds. The number of nitrogens with two attached hydrogens (primary N) is 2. The van der Waals surface area contributed by atoms with Gasteiger partial charge < -0.3 is 21.7 Å². The summed E-state index contributed by atoms with van der Waals surface area (Å²) in [6.07, 6.45) is -2.20. The van der Waals surface area contributed by atoms with Crippen LogP contribution in [0, 0.1) is 17.0 Å². The van der Waals surface area contributed by atoms with Gasteiger partial charge in [0.15, 0.2) is 0 Å². The topological polar surface area (TPSA) is 136 Å². The first-order chi connectivity index (χ1) is 8.38. The third-order valence-electron chi connectivity index (χ3n) is 2.68. The molecule has 0 bridgehead atoms. The first-order valence-corrected chi connectivity index (χ1v) is 5.49. The molecule has 6 N–H and O–H groups in total. The first-order valence-electron chi connectivity index (χ1n) is 5.49. The Morgan fingerprint density at radius 3 is 2.56 bits per heavy atom. The Hall–Kier alpha value is -1.70. The van der Waals surface area contributed by atoms with Crippen LogP contribution in [-0.4, -0.2) is 27.8 Å². The van der Waals surface area contributed by atoms with E-state index in [9.17, 15) is 20.3 Å². The van der Waals surface area contributed by atoms with Crippen LogP contribution in [0.15, 0.2) is 12.1 Å². The van der Waals surface area contributed by atoms with E-state index in [1.54, 1.807) is 6.92 Å². The summed E-state index contributed by atoms with van der Waals surface area (Å²) < 4.78 is 0. The van der Waals surface area contributed by atoms with Gasteiger partial charge in [0, 0.05) is 11.6 Å². The summed E-state index contributed by atoms with van der Waals surface area (Å²) >= 11 is 0. The fourth-order valence-corrected chi connectivity index (χ4v) is 1.74. The zero-order chi connectivity index (χ0) is 13.9. The number of benzene rings is 1. The van der Waals surface area contributed by atoms with Crippen molar-refractivity contribution in [2.24, 2.45) is 5.73 Å². The molecule has 0 saturated heterocycles. The number of nitro benzene ring substituents is 1. The van der Waals surface area contributed by atoms with Crippen LogP contribution in [0.3, 0.4) is 0 Å². The quantitative estimate of drug-likeness (QED) is 0.338. The molecule has 1 rings (SSSR count). The Morgan fingerprint density at radius 1 is 1.44 bits per heavy atom. The minimum Gasteiger partial charge on any atom is -0.393 e. The molecule has 7 nitrogen and oxygen atoms in total. The highest BCUT2D eigenvalue weighted by Gasteiger charge is 2.25. The monoisotopic (exact) mass is 255 g/mol. The Morgan fingerprint density at radius 2 is 2.06 bits per heavy atom. The summed E-state index contributed by atoms with van der Waals surface area (Å²) in [6, 6.07) is 2.84. The number of nitro groups is 1. The van der Waals surface area contributed by atoms with Gasteiger partial charge in [-0.2, -0.15) is 0 Å². The number of rotatable bonds is 5. The van der Waals surface area contributed by atoms with E-state index in [2.05, 4.69) is 0 Å². The predicted octanol–water partition coefficient (Wildman–Crippen LogP) is 0.229. The van der Waals surface area contributed by atoms with E-state index in [4.69, 9.17) is 11.5 Å². The van der Waals surface area contributed by atoms with Crippen LogP contribution in [0.1, 0.15) is 23.7 Å². The van der Waals surface area contributed by atoms with Crippen LogP contribution in [0.25, 0.3) is 0 Å². The van der Waals surface area contributed by atoms with E-state index < -0.39 is 17.1 Å². The molecule has 100 valence electrons. The third-order valence-corrected chi connectivity index (χ3v) is 2.68. The number of nitrogen functional groups attached to an aromatic ring is 1. The second-order valence-corrected chi connectivity index (χ2v) is 4.13. The molecule has 0 radical (unpaired) electrons. The van der Waals surface area contributed by atoms with Crippen molar-refractivity contribution in [3.05, 3.63) is 33.4 Å². The molecule has 0 aliphatic rings. The highest BCUT2D eigenvalue weighted by atomic mass is 16.6. The van der Waals surface area contributed by atoms with Crippen molar-refractivity contribution < 1.29 is 15.1 Å². The number of aliphatic hydroxyl groups excluding tert-OH is 2. The summed E-state index contributed by atoms with van der Waals surface area (Å²) in [4.78, 5) is 10.2. The average Bonchev–Trinajstić information content (AvgIpc) is 2.30. The second kappa shape index (κ2) is 5.76. The molecule has 0 saturated carbocycles. The van der Waals surface area contributed by atoms with Crippen molar-refractivity contribution >= 4 is 11.4 Å². The maximum Gasteiger partial charge on any atom is 0.292 e. The van der Waals surface area contributed by atoms with Crippen molar-refractivity contribution in [1.82, 2.24) is 0 Å². The van der Waals surface area contributed by atoms with Gasteiger partial charge in [-0.25, -0.2) is 0 Å². The molecule has 0 aliphatic carbocycles. The van der Waals surface area contributed by atoms with Gasteiger partial charge in [-0.3, -0.25) is 10.1 Å². The highest BCUT2D eigenvalue weighted by Crippen LogP contribution is 2.32. The maximum atomic E-state index is 10.8. The molecule has 0 fully saturated rings. The Balaban J connectivity index is 3.19. The smallest absolute Gasteiger partial charge is 0.292 e. The van der Waals surface area contributed by atoms with Crippen molar-refractivity contribution in [3.63, 3.8) is 0 Å². The molecule has 0 aromatic heterocycles. The lowest BCUT2D eigenvalue weighted by Gasteiger charge is -2.19. The molecule has 0 spiro atoms. The first kappa shape index (κ1) is 14.4. The standard InChI is InChI=1S/C11H17N3O4/c1-6-4-7(11(16)9(15)2-3-12)10(13)8(5-6)14(17)18/h4-5,9,11,15-16H,2-3,12-13H2,1H3. The number of aryl methyl sites for hydroxylation is 1. The summed E-state index contributed by atoms with van der Waals surface area (Å²) in [5, 5.41) is 30.4. The highest BCUT2D eigenvalue weighted by molar-refractivity contribution is 5.65. The fourth-order valence-electron chi connectivity index (χ4n) is 1.74. The average molecular weight is 255 g/mol. The second-order valence-electron chi connectivity index (χ2n) is 4.13. The number of hydrogen-bond acceptors (Lipinski definition) is 6. The van der Waals surface area contributed by atoms with E-state index in [1.165, 1.54) is 12.1 Å². The van der Waals surface area contributed by atoms with Gasteiger partial charge in [-0.05, 0) is 25.5 Å². The molecule has 18 heavy (non-hydrogen) atoms. The molecule has 0 aliphatic heterocycles. The van der Waals surface area contributed by atoms with Crippen LogP contribution in [0.2, 0.25) is 0 Å². The van der Waals surface area contributed by atoms with E-state index >= 15 is 0 Å². The molecule has 1 aromatic carbocycles. The predicted molar refractivity (Wildman–Crippen MR) is 66.9 cm³/mol. The maximum absolute atomic E-state index is 10.8. The lowest BCUT2D eigenvalue weighted by atomic mass is 9.97. The van der Waals surface area contributed by atoms with Crippen molar-refractivity contribution in [2.45, 2.75) is 25.6 Å². The summed E-state index contributed by atoms with van der Waals surface area (Å²) in [6.45, 7) is 1.85. The number of nitrogens with zero attached hydrogens (tertiary/aromatic N) is 1. The molecule has 2 atom stereocenters. The van der Waals surface area contributed by atoms with E-state index in [1.807, 2.05) is 0 Å². The van der Waals surface area contributed by atoms with Gasteiger partial charge in [0.2, 0.25) is 0 Å². The number of aliphatic hydroxyl groups is 2. The SMILES string of the molecule is Cc1cc(C(O)C(O)CCN)c(N)c([N+](=O)[O-])c1. The zero-order valence-corrected chi connectivity index (χ0v) is 10.0. The van der Waals surface area contributed by atoms with Gasteiger partial charge in [-0.1, -0.05) is 6.07 Å². The van der Waals surface area contributed by atoms with Crippen LogP contribution in [0.5, 0.6) is 0 Å². The van der Waals surface area contributed by atoms with E-state index in [0.29, 0.717) is 5.56 Å². The van der Waals surface area contributed by atoms with Gasteiger partial charge >= 0.3 is 0 Å². The number of anilines is 1. The minimum absolute atomic E-state index is 0.130. The molecule has 1 aromatic rings. The van der Waals surface area contributed by atoms with Gasteiger partial charge in [0.05, 0.1) is 11.0 Å². The fraction of sp³-hybridized carbons (Fsp3) is 0.455. The third kappa shape index (κ3) is 2.95. The van der Waals surface area contributed by atoms with Gasteiger partial charge in [-0.15, -0.1) is 0 Å². The Labute approximate surface area is 104 Å². The summed E-state index contributed by atoms with van der Waals surface area (Å²) in [7, 11) is 0. The van der Waals surface area contributed by atoms with Crippen LogP contribution >= 0.6 is 0 Å². The normalized spacial score (nSPS) is 14.2. The van der Waals surface area contributed by atoms with Crippen molar-refractivity contribution in [3.8, 4) is 0 Å². The molecular formula is C11H17N3O4. The summed E-state index contributed by atoms with van der Waals surface area (Å²) in [5.41, 5.74) is 11.3. The summed E-state index contributed by atoms with van der Waals surface area (Å²) in [5.74, 6) is 0. The lowest BCUT2D eigenvalue weighted by Crippen LogP contribution is -2.23. The van der Waals surface area contributed by atoms with Crippen molar-refractivity contribution in [1.29, 1.82) is 0 Å². The molecular weight excluding hydrogens is 238 g/mol. The Bertz CT molecular complexity index is 450. The number of hydrogen-bond donors (Lipinski definition) is 4. The molecule has 7 heteroatoms. The molecule has 2 unspecified atom stereocenters. The van der Waals surface area contributed by atoms with Gasteiger partial charge in [0.25, 0.3) is 5.69 Å². The largest absolute Gasteiger partial charge is 0.393 e. The van der Waals surface area contributed by atoms with Crippen LogP contribution in [0.4, 0.5) is 11.4 Å². The molecule has 0 heterocycles. The minimum atomic E-state index is -1.29. The van der Waals surface area contributed by atoms with Gasteiger partial charge in [0.1, 0.15) is 11.8 Å². The van der Waals surface area contributed by atoms with Crippen molar-refractivity contribution in [2.75, 3.05) is 12.3 Å². The Kier molecular flexibility index (Phi) is 4.60. The zero-order valence-electron chi connectivity index (χ0n) is 10.0. The van der Waals surface area contributed by atoms with E-state index in [-0.39, 0.29) is 29.9 Å². The lowest BCUT2D eigenvalue weighted by molar-refractivity contribution is -0.384. The van der Waals surface area contributed by atoms with E-state index in [0.717, 1.165) is 0 Å². The van der Waals surface area contributed by atoms with Crippen LogP contribution in [-0.2, 0) is 0 Å².